The Morgan fingerprint density at radius 2 is 2.00 bits per heavy atom. The number of alkyl halides is 1. The van der Waals surface area contributed by atoms with Crippen molar-refractivity contribution in [3.05, 3.63) is 0 Å². The van der Waals surface area contributed by atoms with Gasteiger partial charge in [0.2, 0.25) is 5.91 Å². The van der Waals surface area contributed by atoms with Gasteiger partial charge in [-0.15, -0.1) is 11.6 Å². The molecule has 0 spiro atoms. The molecule has 100 valence electrons. The second kappa shape index (κ2) is 7.25. The number of halogens is 1. The largest absolute Gasteiger partial charge is 0.351 e. The quantitative estimate of drug-likeness (QED) is 0.721. The molecule has 2 nitrogen and oxygen atoms in total. The van der Waals surface area contributed by atoms with Crippen LogP contribution in [0, 0.1) is 5.92 Å². The zero-order valence-electron chi connectivity index (χ0n) is 11.2. The van der Waals surface area contributed by atoms with Crippen molar-refractivity contribution in [3.8, 4) is 0 Å². The summed E-state index contributed by atoms with van der Waals surface area (Å²) in [5.74, 6) is 1.43. The molecule has 1 saturated carbocycles. The molecule has 0 aromatic carbocycles. The molecule has 1 aliphatic rings. The molecule has 1 aliphatic carbocycles. The normalized spacial score (nSPS) is 20.9. The maximum Gasteiger partial charge on any atom is 0.220 e. The Kier molecular flexibility index (Phi) is 6.32. The van der Waals surface area contributed by atoms with Gasteiger partial charge >= 0.3 is 0 Å². The van der Waals surface area contributed by atoms with Gasteiger partial charge in [0.05, 0.1) is 0 Å². The van der Waals surface area contributed by atoms with Crippen molar-refractivity contribution in [1.82, 2.24) is 5.32 Å². The van der Waals surface area contributed by atoms with Crippen LogP contribution in [-0.4, -0.2) is 17.3 Å². The molecule has 1 atom stereocenters. The van der Waals surface area contributed by atoms with Gasteiger partial charge in [0, 0.05) is 17.8 Å². The molecule has 17 heavy (non-hydrogen) atoms. The standard InChI is InChI=1S/C14H26ClNO/c1-3-14(2,9-10-15)16-13(17)11-12-7-5-4-6-8-12/h12H,3-11H2,1-2H3,(H,16,17). The Balaban J connectivity index is 2.36. The zero-order valence-corrected chi connectivity index (χ0v) is 12.0. The fraction of sp³-hybridized carbons (Fsp3) is 0.929. The van der Waals surface area contributed by atoms with Gasteiger partial charge in [-0.05, 0) is 38.5 Å². The van der Waals surface area contributed by atoms with E-state index in [0.29, 0.717) is 18.2 Å². The number of hydrogen-bond donors (Lipinski definition) is 1. The lowest BCUT2D eigenvalue weighted by Gasteiger charge is -2.30. The van der Waals surface area contributed by atoms with Gasteiger partial charge in [-0.25, -0.2) is 0 Å². The number of carbonyl (C=O) groups excluding carboxylic acids is 1. The Hall–Kier alpha value is -0.240. The predicted molar refractivity (Wildman–Crippen MR) is 73.4 cm³/mol. The van der Waals surface area contributed by atoms with E-state index in [0.717, 1.165) is 12.8 Å². The van der Waals surface area contributed by atoms with Crippen molar-refractivity contribution in [2.24, 2.45) is 5.92 Å². The molecule has 0 aliphatic heterocycles. The first-order chi connectivity index (χ1) is 8.09. The van der Waals surface area contributed by atoms with E-state index in [4.69, 9.17) is 11.6 Å². The van der Waals surface area contributed by atoms with Crippen LogP contribution < -0.4 is 5.32 Å². The van der Waals surface area contributed by atoms with Gasteiger partial charge in [0.15, 0.2) is 0 Å². The number of amides is 1. The van der Waals surface area contributed by atoms with E-state index in [1.807, 2.05) is 0 Å². The average Bonchev–Trinajstić information content (AvgIpc) is 2.30. The summed E-state index contributed by atoms with van der Waals surface area (Å²) < 4.78 is 0. The van der Waals surface area contributed by atoms with Crippen molar-refractivity contribution in [2.45, 2.75) is 70.8 Å². The van der Waals surface area contributed by atoms with Gasteiger partial charge < -0.3 is 5.32 Å². The molecule has 0 heterocycles. The van der Waals surface area contributed by atoms with E-state index in [1.54, 1.807) is 0 Å². The second-order valence-electron chi connectivity index (χ2n) is 5.61. The minimum absolute atomic E-state index is 0.118. The molecule has 1 fully saturated rings. The fourth-order valence-electron chi connectivity index (χ4n) is 2.58. The van der Waals surface area contributed by atoms with E-state index >= 15 is 0 Å². The Morgan fingerprint density at radius 1 is 1.35 bits per heavy atom. The van der Waals surface area contributed by atoms with Gasteiger partial charge in [0.25, 0.3) is 0 Å². The maximum atomic E-state index is 12.0. The van der Waals surface area contributed by atoms with E-state index < -0.39 is 0 Å². The topological polar surface area (TPSA) is 29.1 Å². The minimum Gasteiger partial charge on any atom is -0.351 e. The van der Waals surface area contributed by atoms with Gasteiger partial charge in [-0.3, -0.25) is 4.79 Å². The molecular weight excluding hydrogens is 234 g/mol. The summed E-state index contributed by atoms with van der Waals surface area (Å²) in [5, 5.41) is 3.17. The Bertz CT molecular complexity index is 238. The SMILES string of the molecule is CCC(C)(CCCl)NC(=O)CC1CCCCC1. The highest BCUT2D eigenvalue weighted by Crippen LogP contribution is 2.26. The zero-order chi connectivity index (χ0) is 12.7. The maximum absolute atomic E-state index is 12.0. The second-order valence-corrected chi connectivity index (χ2v) is 5.99. The number of nitrogens with one attached hydrogen (secondary N) is 1. The molecule has 1 amide bonds. The van der Waals surface area contributed by atoms with E-state index in [2.05, 4.69) is 19.2 Å². The van der Waals surface area contributed by atoms with Crippen molar-refractivity contribution >= 4 is 17.5 Å². The molecule has 0 aromatic rings. The minimum atomic E-state index is -0.118. The summed E-state index contributed by atoms with van der Waals surface area (Å²) >= 11 is 5.79. The first-order valence-corrected chi connectivity index (χ1v) is 7.50. The summed E-state index contributed by atoms with van der Waals surface area (Å²) in [5.41, 5.74) is -0.118. The number of hydrogen-bond acceptors (Lipinski definition) is 1. The van der Waals surface area contributed by atoms with Crippen LogP contribution >= 0.6 is 11.6 Å². The van der Waals surface area contributed by atoms with Crippen LogP contribution in [-0.2, 0) is 4.79 Å². The highest BCUT2D eigenvalue weighted by atomic mass is 35.5. The summed E-state index contributed by atoms with van der Waals surface area (Å²) in [6, 6.07) is 0. The number of carbonyl (C=O) groups is 1. The molecule has 1 unspecified atom stereocenters. The van der Waals surface area contributed by atoms with Gasteiger partial charge in [-0.1, -0.05) is 26.2 Å². The first-order valence-electron chi connectivity index (χ1n) is 6.96. The predicted octanol–water partition coefficient (Wildman–Crippen LogP) is 3.87. The van der Waals surface area contributed by atoms with Gasteiger partial charge in [0.1, 0.15) is 0 Å². The van der Waals surface area contributed by atoms with Crippen molar-refractivity contribution in [2.75, 3.05) is 5.88 Å². The third-order valence-electron chi connectivity index (χ3n) is 4.07. The third-order valence-corrected chi connectivity index (χ3v) is 4.26. The van der Waals surface area contributed by atoms with Crippen LogP contribution in [0.2, 0.25) is 0 Å². The van der Waals surface area contributed by atoms with Crippen LogP contribution in [0.15, 0.2) is 0 Å². The summed E-state index contributed by atoms with van der Waals surface area (Å²) in [6.07, 6.45) is 8.89. The van der Waals surface area contributed by atoms with E-state index in [9.17, 15) is 4.79 Å². The van der Waals surface area contributed by atoms with Crippen LogP contribution in [0.4, 0.5) is 0 Å². The van der Waals surface area contributed by atoms with Crippen LogP contribution in [0.1, 0.15) is 65.2 Å². The third kappa shape index (κ3) is 5.29. The van der Waals surface area contributed by atoms with Crippen molar-refractivity contribution in [1.29, 1.82) is 0 Å². The lowest BCUT2D eigenvalue weighted by Crippen LogP contribution is -2.46. The molecule has 3 heteroatoms. The number of rotatable bonds is 6. The summed E-state index contributed by atoms with van der Waals surface area (Å²) in [6.45, 7) is 4.20. The van der Waals surface area contributed by atoms with Crippen LogP contribution in [0.3, 0.4) is 0 Å². The average molecular weight is 260 g/mol. The lowest BCUT2D eigenvalue weighted by molar-refractivity contribution is -0.124. The molecular formula is C14H26ClNO. The molecule has 0 bridgehead atoms. The summed E-state index contributed by atoms with van der Waals surface area (Å²) in [4.78, 5) is 12.0. The molecule has 0 radical (unpaired) electrons. The first kappa shape index (κ1) is 14.8. The van der Waals surface area contributed by atoms with Crippen molar-refractivity contribution < 1.29 is 4.79 Å². The Labute approximate surface area is 110 Å². The van der Waals surface area contributed by atoms with Gasteiger partial charge in [-0.2, -0.15) is 0 Å². The van der Waals surface area contributed by atoms with Crippen LogP contribution in [0.25, 0.3) is 0 Å². The highest BCUT2D eigenvalue weighted by molar-refractivity contribution is 6.17. The van der Waals surface area contributed by atoms with E-state index in [1.165, 1.54) is 32.1 Å². The molecule has 0 aromatic heterocycles. The molecule has 1 N–H and O–H groups in total. The smallest absolute Gasteiger partial charge is 0.220 e. The van der Waals surface area contributed by atoms with Crippen LogP contribution in [0.5, 0.6) is 0 Å². The van der Waals surface area contributed by atoms with E-state index in [-0.39, 0.29) is 11.4 Å². The fourth-order valence-corrected chi connectivity index (χ4v) is 2.99. The highest BCUT2D eigenvalue weighted by Gasteiger charge is 2.25. The monoisotopic (exact) mass is 259 g/mol. The Morgan fingerprint density at radius 3 is 2.53 bits per heavy atom. The molecule has 0 saturated heterocycles. The lowest BCUT2D eigenvalue weighted by atomic mass is 9.86. The summed E-state index contributed by atoms with van der Waals surface area (Å²) in [7, 11) is 0. The molecule has 1 rings (SSSR count). The van der Waals surface area contributed by atoms with Crippen molar-refractivity contribution in [3.63, 3.8) is 0 Å².